The fraction of sp³-hybridized carbons (Fsp3) is 0.333. The van der Waals surface area contributed by atoms with Crippen LogP contribution in [0, 0.1) is 18.3 Å². The van der Waals surface area contributed by atoms with Crippen LogP contribution >= 0.6 is 0 Å². The first-order chi connectivity index (χ1) is 9.40. The SMILES string of the molecule is Cc1cc(C#N)nc2c(C(F)(F)F)cc(C3CC3)cc12. The second-order valence-electron chi connectivity index (χ2n) is 5.17. The Kier molecular flexibility index (Phi) is 2.72. The molecule has 3 rings (SSSR count). The maximum atomic E-state index is 13.2. The van der Waals surface area contributed by atoms with Crippen molar-refractivity contribution in [2.24, 2.45) is 0 Å². The lowest BCUT2D eigenvalue weighted by Gasteiger charge is -2.13. The van der Waals surface area contributed by atoms with Crippen LogP contribution in [0.15, 0.2) is 18.2 Å². The Labute approximate surface area is 113 Å². The number of aryl methyl sites for hydroxylation is 1. The van der Waals surface area contributed by atoms with Gasteiger partial charge in [0.1, 0.15) is 11.8 Å². The van der Waals surface area contributed by atoms with Gasteiger partial charge in [-0.1, -0.05) is 0 Å². The second kappa shape index (κ2) is 4.20. The molecule has 0 amide bonds. The molecule has 2 aromatic rings. The molecule has 0 bridgehead atoms. The average molecular weight is 276 g/mol. The first-order valence-electron chi connectivity index (χ1n) is 6.32. The van der Waals surface area contributed by atoms with E-state index in [1.807, 2.05) is 6.07 Å². The van der Waals surface area contributed by atoms with Gasteiger partial charge in [0.05, 0.1) is 11.1 Å². The van der Waals surface area contributed by atoms with Gasteiger partial charge >= 0.3 is 6.18 Å². The lowest BCUT2D eigenvalue weighted by Crippen LogP contribution is -2.08. The van der Waals surface area contributed by atoms with E-state index in [2.05, 4.69) is 4.98 Å². The average Bonchev–Trinajstić information content (AvgIpc) is 3.20. The quantitative estimate of drug-likeness (QED) is 0.778. The second-order valence-corrected chi connectivity index (χ2v) is 5.17. The van der Waals surface area contributed by atoms with E-state index in [0.717, 1.165) is 18.4 Å². The highest BCUT2D eigenvalue weighted by molar-refractivity contribution is 5.87. The Morgan fingerprint density at radius 2 is 1.95 bits per heavy atom. The van der Waals surface area contributed by atoms with Crippen LogP contribution in [0.2, 0.25) is 0 Å². The van der Waals surface area contributed by atoms with E-state index in [0.29, 0.717) is 10.9 Å². The molecule has 1 aromatic heterocycles. The first kappa shape index (κ1) is 12.9. The number of alkyl halides is 3. The van der Waals surface area contributed by atoms with E-state index >= 15 is 0 Å². The molecule has 1 fully saturated rings. The minimum Gasteiger partial charge on any atom is -0.236 e. The van der Waals surface area contributed by atoms with Crippen molar-refractivity contribution < 1.29 is 13.2 Å². The summed E-state index contributed by atoms with van der Waals surface area (Å²) in [5.41, 5.74) is 0.522. The molecule has 1 aliphatic carbocycles. The monoisotopic (exact) mass is 276 g/mol. The molecule has 0 unspecified atom stereocenters. The summed E-state index contributed by atoms with van der Waals surface area (Å²) >= 11 is 0. The van der Waals surface area contributed by atoms with Crippen molar-refractivity contribution in [3.8, 4) is 6.07 Å². The Hall–Kier alpha value is -2.09. The van der Waals surface area contributed by atoms with Gasteiger partial charge < -0.3 is 0 Å². The van der Waals surface area contributed by atoms with Gasteiger partial charge in [-0.05, 0) is 55.0 Å². The van der Waals surface area contributed by atoms with Gasteiger partial charge in [-0.15, -0.1) is 0 Å². The Balaban J connectivity index is 2.37. The number of hydrogen-bond donors (Lipinski definition) is 0. The van der Waals surface area contributed by atoms with Gasteiger partial charge in [-0.25, -0.2) is 4.98 Å². The number of benzene rings is 1. The third kappa shape index (κ3) is 2.11. The standard InChI is InChI=1S/C15H11F3N2/c1-8-4-11(7-19)20-14-12(8)5-10(9-2-3-9)6-13(14)15(16,17)18/h4-6,9H,2-3H2,1H3. The third-order valence-electron chi connectivity index (χ3n) is 3.61. The van der Waals surface area contributed by atoms with Crippen LogP contribution in [-0.2, 0) is 6.18 Å². The Morgan fingerprint density at radius 3 is 2.50 bits per heavy atom. The molecular weight excluding hydrogens is 265 g/mol. The molecule has 1 aromatic carbocycles. The van der Waals surface area contributed by atoms with E-state index in [1.54, 1.807) is 13.0 Å². The van der Waals surface area contributed by atoms with E-state index in [1.165, 1.54) is 12.1 Å². The zero-order valence-electron chi connectivity index (χ0n) is 10.8. The molecule has 1 saturated carbocycles. The first-order valence-corrected chi connectivity index (χ1v) is 6.32. The molecule has 1 heterocycles. The van der Waals surface area contributed by atoms with Crippen molar-refractivity contribution in [2.45, 2.75) is 31.9 Å². The zero-order chi connectivity index (χ0) is 14.5. The topological polar surface area (TPSA) is 36.7 Å². The van der Waals surface area contributed by atoms with Gasteiger partial charge in [0, 0.05) is 5.39 Å². The number of pyridine rings is 1. The molecule has 102 valence electrons. The smallest absolute Gasteiger partial charge is 0.236 e. The van der Waals surface area contributed by atoms with E-state index in [4.69, 9.17) is 5.26 Å². The predicted molar refractivity (Wildman–Crippen MR) is 68.2 cm³/mol. The van der Waals surface area contributed by atoms with Crippen molar-refractivity contribution in [3.63, 3.8) is 0 Å². The van der Waals surface area contributed by atoms with Crippen LogP contribution < -0.4 is 0 Å². The normalized spacial score (nSPS) is 15.3. The molecule has 5 heteroatoms. The highest BCUT2D eigenvalue weighted by Gasteiger charge is 2.36. The summed E-state index contributed by atoms with van der Waals surface area (Å²) in [6, 6.07) is 6.31. The summed E-state index contributed by atoms with van der Waals surface area (Å²) in [6.45, 7) is 1.71. The van der Waals surface area contributed by atoms with E-state index in [-0.39, 0.29) is 17.1 Å². The van der Waals surface area contributed by atoms with Gasteiger partial charge in [0.25, 0.3) is 0 Å². The van der Waals surface area contributed by atoms with Crippen molar-refractivity contribution in [1.29, 1.82) is 5.26 Å². The van der Waals surface area contributed by atoms with Crippen LogP contribution in [0.25, 0.3) is 10.9 Å². The molecule has 0 spiro atoms. The Bertz CT molecular complexity index is 737. The number of rotatable bonds is 1. The molecular formula is C15H11F3N2. The van der Waals surface area contributed by atoms with Crippen LogP contribution in [0.5, 0.6) is 0 Å². The van der Waals surface area contributed by atoms with Crippen LogP contribution in [0.4, 0.5) is 13.2 Å². The third-order valence-corrected chi connectivity index (χ3v) is 3.61. The van der Waals surface area contributed by atoms with Crippen molar-refractivity contribution in [3.05, 3.63) is 40.6 Å². The highest BCUT2D eigenvalue weighted by Crippen LogP contribution is 2.44. The molecule has 20 heavy (non-hydrogen) atoms. The molecule has 0 N–H and O–H groups in total. The summed E-state index contributed by atoms with van der Waals surface area (Å²) in [7, 11) is 0. The predicted octanol–water partition coefficient (Wildman–Crippen LogP) is 4.31. The van der Waals surface area contributed by atoms with Crippen LogP contribution in [0.3, 0.4) is 0 Å². The highest BCUT2D eigenvalue weighted by atomic mass is 19.4. The number of aromatic nitrogens is 1. The number of fused-ring (bicyclic) bond motifs is 1. The summed E-state index contributed by atoms with van der Waals surface area (Å²) in [5.74, 6) is 0.232. The van der Waals surface area contributed by atoms with Gasteiger partial charge in [0.15, 0.2) is 0 Å². The number of nitrogens with zero attached hydrogens (tertiary/aromatic N) is 2. The lowest BCUT2D eigenvalue weighted by molar-refractivity contribution is -0.136. The zero-order valence-corrected chi connectivity index (χ0v) is 10.8. The molecule has 0 radical (unpaired) electrons. The van der Waals surface area contributed by atoms with E-state index < -0.39 is 11.7 Å². The van der Waals surface area contributed by atoms with E-state index in [9.17, 15) is 13.2 Å². The summed E-state index contributed by atoms with van der Waals surface area (Å²) in [5, 5.41) is 9.36. The van der Waals surface area contributed by atoms with Crippen molar-refractivity contribution >= 4 is 10.9 Å². The number of halogens is 3. The van der Waals surface area contributed by atoms with Crippen LogP contribution in [-0.4, -0.2) is 4.98 Å². The number of hydrogen-bond acceptors (Lipinski definition) is 2. The van der Waals surface area contributed by atoms with Crippen molar-refractivity contribution in [1.82, 2.24) is 4.98 Å². The number of nitriles is 1. The van der Waals surface area contributed by atoms with Gasteiger partial charge in [-0.3, -0.25) is 0 Å². The van der Waals surface area contributed by atoms with Crippen LogP contribution in [0.1, 0.15) is 41.1 Å². The maximum Gasteiger partial charge on any atom is 0.418 e. The summed E-state index contributed by atoms with van der Waals surface area (Å²) < 4.78 is 39.7. The minimum atomic E-state index is -4.46. The minimum absolute atomic E-state index is 0.0136. The largest absolute Gasteiger partial charge is 0.418 e. The molecule has 2 nitrogen and oxygen atoms in total. The molecule has 0 aliphatic heterocycles. The molecule has 0 atom stereocenters. The molecule has 0 saturated heterocycles. The summed E-state index contributed by atoms with van der Waals surface area (Å²) in [4.78, 5) is 3.86. The van der Waals surface area contributed by atoms with Gasteiger partial charge in [-0.2, -0.15) is 18.4 Å². The maximum absolute atomic E-state index is 13.2. The summed E-state index contributed by atoms with van der Waals surface area (Å²) in [6.07, 6.45) is -2.59. The fourth-order valence-corrected chi connectivity index (χ4v) is 2.44. The molecule has 1 aliphatic rings. The lowest BCUT2D eigenvalue weighted by atomic mass is 9.98. The fourth-order valence-electron chi connectivity index (χ4n) is 2.44. The van der Waals surface area contributed by atoms with Gasteiger partial charge in [0.2, 0.25) is 0 Å². The Morgan fingerprint density at radius 1 is 1.25 bits per heavy atom. The van der Waals surface area contributed by atoms with Crippen molar-refractivity contribution in [2.75, 3.05) is 0 Å².